The Morgan fingerprint density at radius 2 is 2.23 bits per heavy atom. The van der Waals surface area contributed by atoms with E-state index in [1.807, 2.05) is 0 Å². The minimum atomic E-state index is -1.13. The number of aromatic carboxylic acids is 1. The van der Waals surface area contributed by atoms with Crippen molar-refractivity contribution >= 4 is 16.9 Å². The molecule has 0 atom stereocenters. The molecule has 0 amide bonds. The molecule has 0 radical (unpaired) electrons. The predicted octanol–water partition coefficient (Wildman–Crippen LogP) is 2.01. The number of carboxylic acids is 1. The third kappa shape index (κ3) is 1.16. The van der Waals surface area contributed by atoms with Gasteiger partial charge in [0, 0.05) is 11.6 Å². The number of nitrogens with one attached hydrogen (secondary N) is 1. The maximum Gasteiger partial charge on any atom is 0.337 e. The highest BCUT2D eigenvalue weighted by Crippen LogP contribution is 2.18. The van der Waals surface area contributed by atoms with E-state index in [9.17, 15) is 9.18 Å². The van der Waals surface area contributed by atoms with Crippen molar-refractivity contribution in [1.82, 2.24) is 4.98 Å². The second-order valence-electron chi connectivity index (χ2n) is 2.70. The summed E-state index contributed by atoms with van der Waals surface area (Å²) in [5.74, 6) is -1.67. The summed E-state index contributed by atoms with van der Waals surface area (Å²) in [6.45, 7) is 0. The van der Waals surface area contributed by atoms with Gasteiger partial charge in [-0.05, 0) is 18.2 Å². The highest BCUT2D eigenvalue weighted by atomic mass is 19.1. The Kier molecular flexibility index (Phi) is 1.55. The molecule has 0 saturated carbocycles. The number of aromatic nitrogens is 1. The van der Waals surface area contributed by atoms with Crippen molar-refractivity contribution in [1.29, 1.82) is 0 Å². The summed E-state index contributed by atoms with van der Waals surface area (Å²) in [5, 5.41) is 9.31. The Morgan fingerprint density at radius 3 is 2.92 bits per heavy atom. The van der Waals surface area contributed by atoms with Gasteiger partial charge < -0.3 is 10.1 Å². The van der Waals surface area contributed by atoms with Gasteiger partial charge in [0.05, 0.1) is 11.1 Å². The molecule has 0 bridgehead atoms. The van der Waals surface area contributed by atoms with Crippen LogP contribution in [0.2, 0.25) is 0 Å². The summed E-state index contributed by atoms with van der Waals surface area (Å²) in [4.78, 5) is 13.4. The first-order valence-electron chi connectivity index (χ1n) is 3.68. The molecule has 3 nitrogen and oxygen atoms in total. The van der Waals surface area contributed by atoms with E-state index >= 15 is 0 Å². The van der Waals surface area contributed by atoms with Crippen LogP contribution >= 0.6 is 0 Å². The van der Waals surface area contributed by atoms with Crippen LogP contribution in [0.25, 0.3) is 10.9 Å². The van der Waals surface area contributed by atoms with Gasteiger partial charge in [0.15, 0.2) is 0 Å². The first-order valence-corrected chi connectivity index (χ1v) is 3.68. The van der Waals surface area contributed by atoms with E-state index in [-0.39, 0.29) is 5.56 Å². The number of hydrogen-bond acceptors (Lipinski definition) is 1. The standard InChI is InChI=1S/C9H6FNO2/c10-6-3-5-1-2-11-8(5)7(4-6)9(12)13/h1-4,11H,(H,12,13). The lowest BCUT2D eigenvalue weighted by molar-refractivity contribution is 0.0698. The van der Waals surface area contributed by atoms with E-state index in [0.717, 1.165) is 6.07 Å². The Labute approximate surface area is 72.8 Å². The normalized spacial score (nSPS) is 10.5. The second kappa shape index (κ2) is 2.58. The zero-order chi connectivity index (χ0) is 9.42. The summed E-state index contributed by atoms with van der Waals surface area (Å²) in [7, 11) is 0. The summed E-state index contributed by atoms with van der Waals surface area (Å²) in [5.41, 5.74) is 0.411. The molecule has 1 aromatic heterocycles. The van der Waals surface area contributed by atoms with Crippen molar-refractivity contribution in [2.75, 3.05) is 0 Å². The first-order chi connectivity index (χ1) is 6.18. The van der Waals surface area contributed by atoms with Gasteiger partial charge in [-0.3, -0.25) is 0 Å². The summed E-state index contributed by atoms with van der Waals surface area (Å²) in [6.07, 6.45) is 1.58. The number of carbonyl (C=O) groups is 1. The maximum absolute atomic E-state index is 12.9. The van der Waals surface area contributed by atoms with Crippen LogP contribution in [0, 0.1) is 5.82 Å². The van der Waals surface area contributed by atoms with Crippen LogP contribution in [0.4, 0.5) is 4.39 Å². The van der Waals surface area contributed by atoms with Crippen molar-refractivity contribution in [3.63, 3.8) is 0 Å². The number of H-pyrrole nitrogens is 1. The summed E-state index contributed by atoms with van der Waals surface area (Å²) in [6, 6.07) is 3.92. The molecule has 0 aliphatic carbocycles. The van der Waals surface area contributed by atoms with Crippen LogP contribution in [0.5, 0.6) is 0 Å². The van der Waals surface area contributed by atoms with Crippen LogP contribution in [-0.4, -0.2) is 16.1 Å². The van der Waals surface area contributed by atoms with Crippen molar-refractivity contribution < 1.29 is 14.3 Å². The molecule has 0 fully saturated rings. The van der Waals surface area contributed by atoms with E-state index in [0.29, 0.717) is 10.9 Å². The molecule has 4 heteroatoms. The van der Waals surface area contributed by atoms with E-state index in [1.165, 1.54) is 6.07 Å². The molecule has 2 rings (SSSR count). The van der Waals surface area contributed by atoms with Crippen LogP contribution in [0.15, 0.2) is 24.4 Å². The molecule has 1 heterocycles. The number of hydrogen-bond donors (Lipinski definition) is 2. The maximum atomic E-state index is 12.9. The van der Waals surface area contributed by atoms with E-state index in [1.54, 1.807) is 12.3 Å². The third-order valence-electron chi connectivity index (χ3n) is 1.85. The zero-order valence-electron chi connectivity index (χ0n) is 6.54. The lowest BCUT2D eigenvalue weighted by atomic mass is 10.1. The van der Waals surface area contributed by atoms with Crippen molar-refractivity contribution in [2.45, 2.75) is 0 Å². The highest BCUT2D eigenvalue weighted by Gasteiger charge is 2.10. The minimum absolute atomic E-state index is 0.0417. The van der Waals surface area contributed by atoms with Gasteiger partial charge in [0.1, 0.15) is 5.82 Å². The van der Waals surface area contributed by atoms with E-state index < -0.39 is 11.8 Å². The minimum Gasteiger partial charge on any atom is -0.478 e. The Morgan fingerprint density at radius 1 is 1.46 bits per heavy atom. The van der Waals surface area contributed by atoms with Crippen LogP contribution in [0.3, 0.4) is 0 Å². The molecule has 0 saturated heterocycles. The second-order valence-corrected chi connectivity index (χ2v) is 2.70. The average Bonchev–Trinajstić information content (AvgIpc) is 2.49. The summed E-state index contributed by atoms with van der Waals surface area (Å²) >= 11 is 0. The molecule has 0 spiro atoms. The fourth-order valence-electron chi connectivity index (χ4n) is 1.30. The lowest BCUT2D eigenvalue weighted by Crippen LogP contribution is -1.98. The molecule has 66 valence electrons. The van der Waals surface area contributed by atoms with Gasteiger partial charge >= 0.3 is 5.97 Å². The van der Waals surface area contributed by atoms with Gasteiger partial charge in [0.25, 0.3) is 0 Å². The van der Waals surface area contributed by atoms with E-state index in [4.69, 9.17) is 5.11 Å². The molecular weight excluding hydrogens is 173 g/mol. The zero-order valence-corrected chi connectivity index (χ0v) is 6.54. The molecule has 13 heavy (non-hydrogen) atoms. The third-order valence-corrected chi connectivity index (χ3v) is 1.85. The topological polar surface area (TPSA) is 53.1 Å². The largest absolute Gasteiger partial charge is 0.478 e. The number of fused-ring (bicyclic) bond motifs is 1. The fourth-order valence-corrected chi connectivity index (χ4v) is 1.30. The van der Waals surface area contributed by atoms with Crippen LogP contribution < -0.4 is 0 Å². The van der Waals surface area contributed by atoms with Gasteiger partial charge in [-0.2, -0.15) is 0 Å². The molecule has 2 N–H and O–H groups in total. The Hall–Kier alpha value is -1.84. The number of halogens is 1. The average molecular weight is 179 g/mol. The summed E-state index contributed by atoms with van der Waals surface area (Å²) < 4.78 is 12.9. The Bertz CT molecular complexity index is 475. The highest BCUT2D eigenvalue weighted by molar-refractivity contribution is 6.01. The monoisotopic (exact) mass is 179 g/mol. The smallest absolute Gasteiger partial charge is 0.337 e. The van der Waals surface area contributed by atoms with Gasteiger partial charge in [-0.25, -0.2) is 9.18 Å². The van der Waals surface area contributed by atoms with Gasteiger partial charge in [0.2, 0.25) is 0 Å². The van der Waals surface area contributed by atoms with Gasteiger partial charge in [-0.1, -0.05) is 0 Å². The van der Waals surface area contributed by atoms with E-state index in [2.05, 4.69) is 4.98 Å². The first kappa shape index (κ1) is 7.79. The molecule has 0 unspecified atom stereocenters. The molecule has 0 aliphatic rings. The van der Waals surface area contributed by atoms with Crippen molar-refractivity contribution in [3.8, 4) is 0 Å². The van der Waals surface area contributed by atoms with Crippen molar-refractivity contribution in [3.05, 3.63) is 35.8 Å². The Balaban J connectivity index is 2.84. The van der Waals surface area contributed by atoms with Crippen molar-refractivity contribution in [2.24, 2.45) is 0 Å². The number of aromatic amines is 1. The predicted molar refractivity (Wildman–Crippen MR) is 45.2 cm³/mol. The van der Waals surface area contributed by atoms with Crippen LogP contribution in [-0.2, 0) is 0 Å². The number of benzene rings is 1. The van der Waals surface area contributed by atoms with Gasteiger partial charge in [-0.15, -0.1) is 0 Å². The number of rotatable bonds is 1. The number of carboxylic acid groups (broad SMARTS) is 1. The molecule has 1 aromatic carbocycles. The van der Waals surface area contributed by atoms with Crippen LogP contribution in [0.1, 0.15) is 10.4 Å². The quantitative estimate of drug-likeness (QED) is 0.703. The SMILES string of the molecule is O=C(O)c1cc(F)cc2cc[nH]c12. The molecular formula is C9H6FNO2. The molecule has 0 aliphatic heterocycles. The lowest BCUT2D eigenvalue weighted by Gasteiger charge is -1.97. The fraction of sp³-hybridized carbons (Fsp3) is 0. The molecule has 2 aromatic rings.